The Hall–Kier alpha value is -1.94. The van der Waals surface area contributed by atoms with E-state index in [2.05, 4.69) is 11.9 Å². The van der Waals surface area contributed by atoms with Crippen molar-refractivity contribution in [2.75, 3.05) is 13.2 Å². The Kier molecular flexibility index (Phi) is 11.9. The maximum Gasteiger partial charge on any atom is 0.324 e. The molecule has 2 aromatic rings. The fourth-order valence-electron chi connectivity index (χ4n) is 4.17. The maximum atomic E-state index is 13.7. The van der Waals surface area contributed by atoms with Crippen LogP contribution in [-0.2, 0) is 39.1 Å². The molecule has 1 N–H and O–H groups in total. The third kappa shape index (κ3) is 7.09. The van der Waals surface area contributed by atoms with Crippen LogP contribution in [0.25, 0.3) is 0 Å². The largest absolute Gasteiger partial charge is 0.465 e. The maximum absolute atomic E-state index is 13.7. The molecule has 0 unspecified atom stereocenters. The fourth-order valence-corrected chi connectivity index (χ4v) is 6.19. The number of carbonyl (C=O) groups is 1. The Morgan fingerprint density at radius 2 is 1.83 bits per heavy atom. The van der Waals surface area contributed by atoms with Crippen LogP contribution < -0.4 is 0 Å². The minimum Gasteiger partial charge on any atom is -0.465 e. The molecular weight excluding hydrogens is 502 g/mol. The molecule has 0 saturated heterocycles. The molecule has 0 bridgehead atoms. The van der Waals surface area contributed by atoms with E-state index in [9.17, 15) is 18.3 Å². The van der Waals surface area contributed by atoms with Crippen molar-refractivity contribution in [2.45, 2.75) is 90.8 Å². The first-order chi connectivity index (χ1) is 17.2. The molecule has 0 radical (unpaired) electrons. The van der Waals surface area contributed by atoms with Crippen molar-refractivity contribution in [1.82, 2.24) is 13.9 Å². The number of aliphatic hydroxyl groups excluding tert-OH is 1. The zero-order valence-corrected chi connectivity index (χ0v) is 23.6. The summed E-state index contributed by atoms with van der Waals surface area (Å²) < 4.78 is 35.8. The van der Waals surface area contributed by atoms with Gasteiger partial charge in [0.1, 0.15) is 11.9 Å². The molecule has 1 aromatic heterocycles. The van der Waals surface area contributed by atoms with E-state index in [-0.39, 0.29) is 35.7 Å². The first kappa shape index (κ1) is 30.3. The summed E-state index contributed by atoms with van der Waals surface area (Å²) in [5.74, 6) is 0.0743. The van der Waals surface area contributed by atoms with Gasteiger partial charge in [0.15, 0.2) is 5.15 Å². The zero-order chi connectivity index (χ0) is 26.9. The third-order valence-corrected chi connectivity index (χ3v) is 8.54. The molecule has 0 saturated carbocycles. The zero-order valence-electron chi connectivity index (χ0n) is 22.0. The Labute approximate surface area is 220 Å². The van der Waals surface area contributed by atoms with Gasteiger partial charge in [-0.3, -0.25) is 4.79 Å². The Morgan fingerprint density at radius 1 is 1.17 bits per heavy atom. The van der Waals surface area contributed by atoms with Crippen molar-refractivity contribution < 1.29 is 23.1 Å². The van der Waals surface area contributed by atoms with Gasteiger partial charge in [0.25, 0.3) is 0 Å². The topological polar surface area (TPSA) is 102 Å². The molecule has 0 amide bonds. The second-order valence-electron chi connectivity index (χ2n) is 8.96. The molecule has 1 aromatic carbocycles. The van der Waals surface area contributed by atoms with Crippen molar-refractivity contribution in [3.8, 4) is 0 Å². The van der Waals surface area contributed by atoms with Crippen LogP contribution in [-0.4, -0.2) is 52.5 Å². The van der Waals surface area contributed by atoms with E-state index in [1.165, 1.54) is 4.31 Å². The number of carbonyl (C=O) groups excluding carboxylic acids is 1. The average molecular weight is 542 g/mol. The lowest BCUT2D eigenvalue weighted by molar-refractivity contribution is -0.149. The molecule has 8 nitrogen and oxygen atoms in total. The van der Waals surface area contributed by atoms with Gasteiger partial charge in [-0.25, -0.2) is 13.4 Å². The summed E-state index contributed by atoms with van der Waals surface area (Å²) in [5, 5.41) is 10.1. The summed E-state index contributed by atoms with van der Waals surface area (Å²) in [6.07, 6.45) is 3.89. The quantitative estimate of drug-likeness (QED) is 0.325. The number of hydrogen-bond acceptors (Lipinski definition) is 6. The van der Waals surface area contributed by atoms with Gasteiger partial charge in [-0.15, -0.1) is 0 Å². The van der Waals surface area contributed by atoms with Crippen LogP contribution in [0.2, 0.25) is 5.15 Å². The number of aromatic nitrogens is 2. The number of ether oxygens (including phenoxy) is 1. The minimum absolute atomic E-state index is 0.120. The Balaban J connectivity index is 2.40. The smallest absolute Gasteiger partial charge is 0.324 e. The summed E-state index contributed by atoms with van der Waals surface area (Å²) >= 11 is 6.25. The van der Waals surface area contributed by atoms with Crippen LogP contribution in [0.4, 0.5) is 0 Å². The van der Waals surface area contributed by atoms with Gasteiger partial charge in [0.2, 0.25) is 10.0 Å². The number of hydrogen-bond donors (Lipinski definition) is 1. The molecule has 0 aliphatic rings. The van der Waals surface area contributed by atoms with E-state index in [4.69, 9.17) is 16.3 Å². The standard InChI is InChI=1S/C26H40ClN3O5S/c1-6-10-11-23-28-25(27)22(18-31)29(23)17-20-12-14-21(15-13-20)36(33,34)30(16-7-2)24(19(5)8-3)26(32)35-9-4/h12-15,19,24,31H,6-11,16-18H2,1-5H3/t19-,24-/m0/s1. The summed E-state index contributed by atoms with van der Waals surface area (Å²) in [6, 6.07) is 5.74. The highest BCUT2D eigenvalue weighted by Crippen LogP contribution is 2.26. The van der Waals surface area contributed by atoms with Crippen LogP contribution in [0.5, 0.6) is 0 Å². The van der Waals surface area contributed by atoms with E-state index < -0.39 is 22.0 Å². The summed E-state index contributed by atoms with van der Waals surface area (Å²) in [4.78, 5) is 17.3. The minimum atomic E-state index is -3.95. The van der Waals surface area contributed by atoms with E-state index in [1.54, 1.807) is 31.2 Å². The van der Waals surface area contributed by atoms with Crippen LogP contribution in [0, 0.1) is 5.92 Å². The molecule has 2 atom stereocenters. The van der Waals surface area contributed by atoms with E-state index >= 15 is 0 Å². The van der Waals surface area contributed by atoms with Crippen molar-refractivity contribution >= 4 is 27.6 Å². The van der Waals surface area contributed by atoms with Crippen LogP contribution in [0.15, 0.2) is 29.2 Å². The highest BCUT2D eigenvalue weighted by Gasteiger charge is 2.39. The number of aliphatic hydroxyl groups is 1. The Morgan fingerprint density at radius 3 is 2.36 bits per heavy atom. The molecule has 10 heteroatoms. The first-order valence-electron chi connectivity index (χ1n) is 12.8. The van der Waals surface area contributed by atoms with Crippen molar-refractivity contribution in [1.29, 1.82) is 0 Å². The summed E-state index contributed by atoms with van der Waals surface area (Å²) in [6.45, 7) is 10.1. The molecular formula is C26H40ClN3O5S. The third-order valence-electron chi connectivity index (χ3n) is 6.34. The van der Waals surface area contributed by atoms with Crippen molar-refractivity contribution in [3.05, 3.63) is 46.5 Å². The number of esters is 1. The normalized spacial score (nSPS) is 13.7. The van der Waals surface area contributed by atoms with Gasteiger partial charge < -0.3 is 14.4 Å². The predicted octanol–water partition coefficient (Wildman–Crippen LogP) is 4.80. The van der Waals surface area contributed by atoms with Gasteiger partial charge >= 0.3 is 5.97 Å². The molecule has 202 valence electrons. The number of aryl methyl sites for hydroxylation is 1. The number of benzene rings is 1. The number of rotatable bonds is 15. The number of imidazole rings is 1. The second kappa shape index (κ2) is 14.1. The number of halogens is 1. The van der Waals surface area contributed by atoms with Crippen molar-refractivity contribution in [3.63, 3.8) is 0 Å². The molecule has 0 spiro atoms. The van der Waals surface area contributed by atoms with Gasteiger partial charge in [-0.1, -0.05) is 64.3 Å². The highest BCUT2D eigenvalue weighted by atomic mass is 35.5. The lowest BCUT2D eigenvalue weighted by atomic mass is 9.99. The monoisotopic (exact) mass is 541 g/mol. The molecule has 2 rings (SSSR count). The van der Waals surface area contributed by atoms with E-state index in [1.807, 2.05) is 25.3 Å². The van der Waals surface area contributed by atoms with Gasteiger partial charge in [0, 0.05) is 19.5 Å². The van der Waals surface area contributed by atoms with E-state index in [0.29, 0.717) is 25.1 Å². The number of unbranched alkanes of at least 4 members (excludes halogenated alkanes) is 1. The second-order valence-corrected chi connectivity index (χ2v) is 11.2. The molecule has 0 aliphatic heterocycles. The summed E-state index contributed by atoms with van der Waals surface area (Å²) in [7, 11) is -3.95. The molecule has 0 fully saturated rings. The lowest BCUT2D eigenvalue weighted by Gasteiger charge is -2.32. The molecule has 1 heterocycles. The first-order valence-corrected chi connectivity index (χ1v) is 14.6. The van der Waals surface area contributed by atoms with E-state index in [0.717, 1.165) is 30.7 Å². The van der Waals surface area contributed by atoms with Gasteiger partial charge in [-0.2, -0.15) is 4.31 Å². The SMILES string of the molecule is CCCCc1nc(Cl)c(CO)n1Cc1ccc(S(=O)(=O)N(CCC)[C@H](C(=O)OCC)[C@@H](C)CC)cc1. The average Bonchev–Trinajstić information content (AvgIpc) is 3.16. The Bertz CT molecular complexity index is 1090. The van der Waals surface area contributed by atoms with Crippen LogP contribution in [0.3, 0.4) is 0 Å². The van der Waals surface area contributed by atoms with Gasteiger partial charge in [-0.05, 0) is 43.4 Å². The fraction of sp³-hybridized carbons (Fsp3) is 0.615. The van der Waals surface area contributed by atoms with Crippen LogP contribution in [0.1, 0.15) is 77.4 Å². The predicted molar refractivity (Wildman–Crippen MR) is 141 cm³/mol. The highest BCUT2D eigenvalue weighted by molar-refractivity contribution is 7.89. The summed E-state index contributed by atoms with van der Waals surface area (Å²) in [5.41, 5.74) is 1.39. The number of nitrogens with zero attached hydrogens (tertiary/aromatic N) is 3. The van der Waals surface area contributed by atoms with Crippen LogP contribution >= 0.6 is 11.6 Å². The molecule has 36 heavy (non-hydrogen) atoms. The lowest BCUT2D eigenvalue weighted by Crippen LogP contribution is -2.49. The molecule has 0 aliphatic carbocycles. The number of sulfonamides is 1. The van der Waals surface area contributed by atoms with Gasteiger partial charge in [0.05, 0.1) is 23.8 Å². The van der Waals surface area contributed by atoms with Crippen molar-refractivity contribution in [2.24, 2.45) is 5.92 Å².